The largest absolute Gasteiger partial charge is 0.298 e. The van der Waals surface area contributed by atoms with Crippen LogP contribution in [0.15, 0.2) is 78.9 Å². The quantitative estimate of drug-likeness (QED) is 0.286. The van der Waals surface area contributed by atoms with Crippen LogP contribution in [0.3, 0.4) is 0 Å². The predicted molar refractivity (Wildman–Crippen MR) is 101 cm³/mol. The van der Waals surface area contributed by atoms with E-state index in [4.69, 9.17) is 0 Å². The molecule has 1 nitrogen and oxygen atoms in total. The molecular weight excluding hydrogens is 292 g/mol. The monoisotopic (exact) mass is 306 g/mol. The standard InChI is InChI=1S/C23H14O/c24-14-15-4-6-16(7-5-15)21-12-19-10-8-17-2-1-3-18-9-11-20(13-21)23(19)22(17)18/h1-14H. The molecule has 24 heavy (non-hydrogen) atoms. The van der Waals surface area contributed by atoms with Gasteiger partial charge in [0.2, 0.25) is 0 Å². The minimum absolute atomic E-state index is 0.705. The van der Waals surface area contributed by atoms with Gasteiger partial charge in [-0.2, -0.15) is 0 Å². The van der Waals surface area contributed by atoms with E-state index in [1.165, 1.54) is 37.9 Å². The van der Waals surface area contributed by atoms with Crippen LogP contribution in [-0.2, 0) is 0 Å². The molecule has 0 spiro atoms. The van der Waals surface area contributed by atoms with Crippen molar-refractivity contribution in [3.8, 4) is 11.1 Å². The molecule has 0 unspecified atom stereocenters. The molecular formula is C23H14O. The second-order valence-electron chi connectivity index (χ2n) is 6.25. The van der Waals surface area contributed by atoms with Crippen molar-refractivity contribution in [2.24, 2.45) is 0 Å². The summed E-state index contributed by atoms with van der Waals surface area (Å²) >= 11 is 0. The van der Waals surface area contributed by atoms with Gasteiger partial charge < -0.3 is 0 Å². The van der Waals surface area contributed by atoms with Crippen molar-refractivity contribution < 1.29 is 4.79 Å². The molecule has 0 aromatic heterocycles. The van der Waals surface area contributed by atoms with Gasteiger partial charge in [-0.15, -0.1) is 0 Å². The van der Waals surface area contributed by atoms with Crippen LogP contribution < -0.4 is 0 Å². The summed E-state index contributed by atoms with van der Waals surface area (Å²) in [6.45, 7) is 0. The summed E-state index contributed by atoms with van der Waals surface area (Å²) in [5.74, 6) is 0. The number of carbonyl (C=O) groups excluding carboxylic acids is 1. The van der Waals surface area contributed by atoms with Gasteiger partial charge in [0.25, 0.3) is 0 Å². The van der Waals surface area contributed by atoms with Gasteiger partial charge in [-0.3, -0.25) is 4.79 Å². The minimum atomic E-state index is 0.705. The van der Waals surface area contributed by atoms with Crippen LogP contribution in [0.25, 0.3) is 43.4 Å². The molecule has 0 aliphatic heterocycles. The number of carbonyl (C=O) groups is 1. The molecule has 1 heteroatoms. The third-order valence-electron chi connectivity index (χ3n) is 4.84. The van der Waals surface area contributed by atoms with Crippen molar-refractivity contribution >= 4 is 38.6 Å². The second kappa shape index (κ2) is 4.90. The third kappa shape index (κ3) is 1.85. The zero-order valence-electron chi connectivity index (χ0n) is 13.0. The molecule has 0 bridgehead atoms. The lowest BCUT2D eigenvalue weighted by Gasteiger charge is -2.12. The highest BCUT2D eigenvalue weighted by molar-refractivity contribution is 6.23. The summed E-state index contributed by atoms with van der Waals surface area (Å²) in [5.41, 5.74) is 3.01. The lowest BCUT2D eigenvalue weighted by molar-refractivity contribution is 0.112. The number of benzene rings is 5. The second-order valence-corrected chi connectivity index (χ2v) is 6.25. The van der Waals surface area contributed by atoms with Gasteiger partial charge in [0.05, 0.1) is 0 Å². The molecule has 0 fully saturated rings. The maximum atomic E-state index is 10.9. The molecule has 0 saturated carbocycles. The lowest BCUT2D eigenvalue weighted by Crippen LogP contribution is -1.86. The van der Waals surface area contributed by atoms with Crippen molar-refractivity contribution in [3.05, 3.63) is 84.4 Å². The van der Waals surface area contributed by atoms with E-state index in [0.29, 0.717) is 5.56 Å². The van der Waals surface area contributed by atoms with Crippen molar-refractivity contribution in [1.29, 1.82) is 0 Å². The average Bonchev–Trinajstić information content (AvgIpc) is 2.66. The van der Waals surface area contributed by atoms with Gasteiger partial charge in [0, 0.05) is 5.56 Å². The molecule has 112 valence electrons. The summed E-state index contributed by atoms with van der Waals surface area (Å²) in [7, 11) is 0. The van der Waals surface area contributed by atoms with Crippen LogP contribution in [0.5, 0.6) is 0 Å². The van der Waals surface area contributed by atoms with E-state index < -0.39 is 0 Å². The minimum Gasteiger partial charge on any atom is -0.298 e. The van der Waals surface area contributed by atoms with Gasteiger partial charge >= 0.3 is 0 Å². The van der Waals surface area contributed by atoms with E-state index in [9.17, 15) is 4.79 Å². The number of rotatable bonds is 2. The summed E-state index contributed by atoms with van der Waals surface area (Å²) in [5, 5.41) is 7.76. The fourth-order valence-corrected chi connectivity index (χ4v) is 3.67. The Bertz CT molecular complexity index is 1140. The number of hydrogen-bond donors (Lipinski definition) is 0. The van der Waals surface area contributed by atoms with Crippen molar-refractivity contribution in [2.45, 2.75) is 0 Å². The van der Waals surface area contributed by atoms with Crippen LogP contribution in [-0.4, -0.2) is 6.29 Å². The Labute approximate surface area is 139 Å². The first-order valence-corrected chi connectivity index (χ1v) is 8.07. The Morgan fingerprint density at radius 2 is 1.08 bits per heavy atom. The van der Waals surface area contributed by atoms with Gasteiger partial charge in [-0.1, -0.05) is 66.7 Å². The van der Waals surface area contributed by atoms with E-state index in [0.717, 1.165) is 11.8 Å². The zero-order chi connectivity index (χ0) is 16.1. The van der Waals surface area contributed by atoms with Crippen molar-refractivity contribution in [2.75, 3.05) is 0 Å². The molecule has 0 aliphatic rings. The SMILES string of the molecule is O=Cc1ccc(-c2cc3ccc4cccc5ccc(c2)c3c45)cc1. The molecule has 0 heterocycles. The Kier molecular flexibility index (Phi) is 2.71. The highest BCUT2D eigenvalue weighted by Crippen LogP contribution is 2.37. The summed E-state index contributed by atoms with van der Waals surface area (Å²) in [6, 6.07) is 27.5. The van der Waals surface area contributed by atoms with E-state index in [2.05, 4.69) is 54.6 Å². The molecule has 0 radical (unpaired) electrons. The van der Waals surface area contributed by atoms with Crippen LogP contribution in [0.2, 0.25) is 0 Å². The zero-order valence-corrected chi connectivity index (χ0v) is 13.0. The molecule has 5 aromatic rings. The molecule has 0 atom stereocenters. The topological polar surface area (TPSA) is 17.1 Å². The van der Waals surface area contributed by atoms with Crippen LogP contribution >= 0.6 is 0 Å². The summed E-state index contributed by atoms with van der Waals surface area (Å²) in [6.07, 6.45) is 0.879. The Balaban J connectivity index is 1.84. The van der Waals surface area contributed by atoms with E-state index in [-0.39, 0.29) is 0 Å². The van der Waals surface area contributed by atoms with Crippen LogP contribution in [0.4, 0.5) is 0 Å². The normalized spacial score (nSPS) is 11.5. The Morgan fingerprint density at radius 3 is 1.67 bits per heavy atom. The number of hydrogen-bond acceptors (Lipinski definition) is 1. The fraction of sp³-hybridized carbons (Fsp3) is 0. The molecule has 0 amide bonds. The van der Waals surface area contributed by atoms with E-state index >= 15 is 0 Å². The Morgan fingerprint density at radius 1 is 0.542 bits per heavy atom. The maximum absolute atomic E-state index is 10.9. The molecule has 0 N–H and O–H groups in total. The first kappa shape index (κ1) is 13.3. The van der Waals surface area contributed by atoms with Crippen LogP contribution in [0.1, 0.15) is 10.4 Å². The van der Waals surface area contributed by atoms with E-state index in [1.54, 1.807) is 0 Å². The first-order valence-electron chi connectivity index (χ1n) is 8.07. The highest BCUT2D eigenvalue weighted by atomic mass is 16.1. The smallest absolute Gasteiger partial charge is 0.150 e. The first-order chi connectivity index (χ1) is 11.8. The third-order valence-corrected chi connectivity index (χ3v) is 4.84. The highest BCUT2D eigenvalue weighted by Gasteiger charge is 2.09. The van der Waals surface area contributed by atoms with E-state index in [1.807, 2.05) is 24.3 Å². The van der Waals surface area contributed by atoms with Gasteiger partial charge in [0.15, 0.2) is 0 Å². The molecule has 5 rings (SSSR count). The Hall–Kier alpha value is -3.19. The van der Waals surface area contributed by atoms with Gasteiger partial charge in [-0.25, -0.2) is 0 Å². The fourth-order valence-electron chi connectivity index (χ4n) is 3.67. The van der Waals surface area contributed by atoms with Crippen molar-refractivity contribution in [3.63, 3.8) is 0 Å². The van der Waals surface area contributed by atoms with Crippen LogP contribution in [0, 0.1) is 0 Å². The lowest BCUT2D eigenvalue weighted by atomic mass is 9.91. The maximum Gasteiger partial charge on any atom is 0.150 e. The summed E-state index contributed by atoms with van der Waals surface area (Å²) < 4.78 is 0. The molecule has 5 aromatic carbocycles. The van der Waals surface area contributed by atoms with Gasteiger partial charge in [0.1, 0.15) is 6.29 Å². The molecule has 0 saturated heterocycles. The summed E-state index contributed by atoms with van der Waals surface area (Å²) in [4.78, 5) is 10.9. The van der Waals surface area contributed by atoms with Gasteiger partial charge in [-0.05, 0) is 55.6 Å². The predicted octanol–water partition coefficient (Wildman–Crippen LogP) is 6.06. The van der Waals surface area contributed by atoms with Crippen molar-refractivity contribution in [1.82, 2.24) is 0 Å². The number of aldehydes is 1. The average molecular weight is 306 g/mol. The molecule has 0 aliphatic carbocycles.